The van der Waals surface area contributed by atoms with Gasteiger partial charge in [0, 0.05) is 5.92 Å². The fourth-order valence-corrected chi connectivity index (χ4v) is 3.10. The average molecular weight is 337 g/mol. The molecule has 2 aromatic rings. The number of rotatable bonds is 4. The number of carbonyl (C=O) groups is 2. The van der Waals surface area contributed by atoms with Crippen LogP contribution in [0.3, 0.4) is 0 Å². The standard InChI is InChI=1S/C20H19NO4/c1-3-18(19(22)24-2)21-20(23)25-12-17-15-10-6-4-8-13(15)14-9-5-7-11-16(14)17/h3-11,17H,12H2,1-2H3,(H,21,23)/b18-3-. The van der Waals surface area contributed by atoms with Gasteiger partial charge in [0.25, 0.3) is 0 Å². The Bertz CT molecular complexity index is 796. The zero-order chi connectivity index (χ0) is 17.8. The van der Waals surface area contributed by atoms with Crippen LogP contribution >= 0.6 is 0 Å². The molecule has 5 heteroatoms. The molecule has 0 bridgehead atoms. The van der Waals surface area contributed by atoms with E-state index in [4.69, 9.17) is 4.74 Å². The number of fused-ring (bicyclic) bond motifs is 3. The fourth-order valence-electron chi connectivity index (χ4n) is 3.10. The fraction of sp³-hybridized carbons (Fsp3) is 0.200. The van der Waals surface area contributed by atoms with Gasteiger partial charge in [0.05, 0.1) is 7.11 Å². The van der Waals surface area contributed by atoms with E-state index in [2.05, 4.69) is 22.2 Å². The van der Waals surface area contributed by atoms with E-state index in [1.54, 1.807) is 6.92 Å². The van der Waals surface area contributed by atoms with Crippen LogP contribution in [0, 0.1) is 0 Å². The van der Waals surface area contributed by atoms with E-state index < -0.39 is 12.1 Å². The molecule has 0 unspecified atom stereocenters. The molecular formula is C20H19NO4. The highest BCUT2D eigenvalue weighted by atomic mass is 16.6. The van der Waals surface area contributed by atoms with Gasteiger partial charge in [-0.3, -0.25) is 5.32 Å². The molecule has 0 heterocycles. The Hall–Kier alpha value is -3.08. The van der Waals surface area contributed by atoms with Crippen molar-refractivity contribution < 1.29 is 19.1 Å². The van der Waals surface area contributed by atoms with E-state index in [1.165, 1.54) is 13.2 Å². The first kappa shape index (κ1) is 16.8. The minimum Gasteiger partial charge on any atom is -0.464 e. The second-order valence-corrected chi connectivity index (χ2v) is 5.64. The van der Waals surface area contributed by atoms with Crippen LogP contribution in [0.1, 0.15) is 24.0 Å². The van der Waals surface area contributed by atoms with Gasteiger partial charge in [-0.15, -0.1) is 0 Å². The van der Waals surface area contributed by atoms with Gasteiger partial charge in [0.1, 0.15) is 12.3 Å². The molecule has 1 N–H and O–H groups in total. The molecule has 0 radical (unpaired) electrons. The second kappa shape index (κ2) is 7.21. The van der Waals surface area contributed by atoms with Gasteiger partial charge in [0.2, 0.25) is 0 Å². The van der Waals surface area contributed by atoms with Gasteiger partial charge in [-0.1, -0.05) is 54.6 Å². The summed E-state index contributed by atoms with van der Waals surface area (Å²) in [5.41, 5.74) is 4.65. The van der Waals surface area contributed by atoms with Crippen molar-refractivity contribution in [2.75, 3.05) is 13.7 Å². The molecule has 0 spiro atoms. The molecule has 5 nitrogen and oxygen atoms in total. The Balaban J connectivity index is 1.73. The molecule has 128 valence electrons. The van der Waals surface area contributed by atoms with Crippen LogP contribution in [-0.2, 0) is 14.3 Å². The lowest BCUT2D eigenvalue weighted by atomic mass is 9.98. The summed E-state index contributed by atoms with van der Waals surface area (Å²) in [7, 11) is 1.26. The highest BCUT2D eigenvalue weighted by Gasteiger charge is 2.29. The number of benzene rings is 2. The molecule has 1 amide bonds. The van der Waals surface area contributed by atoms with Crippen molar-refractivity contribution in [2.45, 2.75) is 12.8 Å². The molecule has 1 aliphatic carbocycles. The van der Waals surface area contributed by atoms with E-state index in [-0.39, 0.29) is 18.2 Å². The Kier molecular flexibility index (Phi) is 4.84. The quantitative estimate of drug-likeness (QED) is 0.684. The minimum atomic E-state index is -0.680. The maximum Gasteiger partial charge on any atom is 0.411 e. The zero-order valence-corrected chi connectivity index (χ0v) is 14.1. The number of esters is 1. The highest BCUT2D eigenvalue weighted by molar-refractivity contribution is 5.92. The van der Waals surface area contributed by atoms with Crippen molar-refractivity contribution in [3.05, 3.63) is 71.4 Å². The third-order valence-electron chi connectivity index (χ3n) is 4.27. The predicted octanol–water partition coefficient (Wildman–Crippen LogP) is 3.60. The van der Waals surface area contributed by atoms with Crippen LogP contribution in [0.2, 0.25) is 0 Å². The number of hydrogen-bond acceptors (Lipinski definition) is 4. The van der Waals surface area contributed by atoms with Crippen LogP contribution < -0.4 is 5.32 Å². The summed E-state index contributed by atoms with van der Waals surface area (Å²) in [6.07, 6.45) is 0.785. The Morgan fingerprint density at radius 3 is 2.12 bits per heavy atom. The van der Waals surface area contributed by atoms with Crippen molar-refractivity contribution >= 4 is 12.1 Å². The van der Waals surface area contributed by atoms with Crippen molar-refractivity contribution in [2.24, 2.45) is 0 Å². The number of allylic oxidation sites excluding steroid dienone is 1. The first-order valence-corrected chi connectivity index (χ1v) is 8.02. The van der Waals surface area contributed by atoms with Crippen LogP contribution in [0.15, 0.2) is 60.3 Å². The van der Waals surface area contributed by atoms with Gasteiger partial charge in [-0.05, 0) is 29.2 Å². The molecule has 0 aromatic heterocycles. The maximum atomic E-state index is 12.0. The molecule has 25 heavy (non-hydrogen) atoms. The zero-order valence-electron chi connectivity index (χ0n) is 14.1. The van der Waals surface area contributed by atoms with Gasteiger partial charge < -0.3 is 9.47 Å². The first-order valence-electron chi connectivity index (χ1n) is 8.02. The Morgan fingerprint density at radius 2 is 1.60 bits per heavy atom. The number of carbonyl (C=O) groups excluding carboxylic acids is 2. The largest absolute Gasteiger partial charge is 0.464 e. The summed E-state index contributed by atoms with van der Waals surface area (Å²) in [5, 5.41) is 2.41. The number of nitrogens with one attached hydrogen (secondary N) is 1. The molecule has 2 aromatic carbocycles. The van der Waals surface area contributed by atoms with E-state index in [0.717, 1.165) is 22.3 Å². The summed E-state index contributed by atoms with van der Waals surface area (Å²) in [6, 6.07) is 16.2. The third-order valence-corrected chi connectivity index (χ3v) is 4.27. The summed E-state index contributed by atoms with van der Waals surface area (Å²) < 4.78 is 9.97. The topological polar surface area (TPSA) is 64.6 Å². The molecule has 0 atom stereocenters. The first-order chi connectivity index (χ1) is 12.2. The van der Waals surface area contributed by atoms with Crippen LogP contribution in [0.25, 0.3) is 11.1 Å². The molecule has 0 fully saturated rings. The van der Waals surface area contributed by atoms with E-state index in [9.17, 15) is 9.59 Å². The summed E-state index contributed by atoms with van der Waals surface area (Å²) in [6.45, 7) is 1.83. The molecule has 0 saturated heterocycles. The smallest absolute Gasteiger partial charge is 0.411 e. The summed E-state index contributed by atoms with van der Waals surface area (Å²) >= 11 is 0. The van der Waals surface area contributed by atoms with Crippen molar-refractivity contribution in [1.29, 1.82) is 0 Å². The third kappa shape index (κ3) is 3.26. The SMILES string of the molecule is C/C=C(\NC(=O)OCC1c2ccccc2-c2ccccc21)C(=O)OC. The molecule has 1 aliphatic rings. The number of alkyl carbamates (subject to hydrolysis) is 1. The van der Waals surface area contributed by atoms with Gasteiger partial charge in [-0.2, -0.15) is 0 Å². The van der Waals surface area contributed by atoms with Crippen LogP contribution in [-0.4, -0.2) is 25.8 Å². The summed E-state index contributed by atoms with van der Waals surface area (Å²) in [5.74, 6) is -0.638. The molecule has 0 saturated carbocycles. The molecular weight excluding hydrogens is 318 g/mol. The highest BCUT2D eigenvalue weighted by Crippen LogP contribution is 2.44. The van der Waals surface area contributed by atoms with Gasteiger partial charge in [-0.25, -0.2) is 9.59 Å². The van der Waals surface area contributed by atoms with Gasteiger partial charge >= 0.3 is 12.1 Å². The lowest BCUT2D eigenvalue weighted by Crippen LogP contribution is -2.29. The lowest BCUT2D eigenvalue weighted by molar-refractivity contribution is -0.136. The van der Waals surface area contributed by atoms with Crippen molar-refractivity contribution in [1.82, 2.24) is 5.32 Å². The predicted molar refractivity (Wildman–Crippen MR) is 94.0 cm³/mol. The Labute approximate surface area is 146 Å². The van der Waals surface area contributed by atoms with Gasteiger partial charge in [0.15, 0.2) is 0 Å². The lowest BCUT2D eigenvalue weighted by Gasteiger charge is -2.15. The monoisotopic (exact) mass is 337 g/mol. The second-order valence-electron chi connectivity index (χ2n) is 5.64. The van der Waals surface area contributed by atoms with Crippen molar-refractivity contribution in [3.8, 4) is 11.1 Å². The maximum absolute atomic E-state index is 12.0. The average Bonchev–Trinajstić information content (AvgIpc) is 2.98. The normalized spacial score (nSPS) is 13.0. The van der Waals surface area contributed by atoms with Crippen LogP contribution in [0.4, 0.5) is 4.79 Å². The van der Waals surface area contributed by atoms with Crippen LogP contribution in [0.5, 0.6) is 0 Å². The Morgan fingerprint density at radius 1 is 1.04 bits per heavy atom. The number of methoxy groups -OCH3 is 1. The summed E-state index contributed by atoms with van der Waals surface area (Å²) in [4.78, 5) is 23.5. The minimum absolute atomic E-state index is 0.0228. The van der Waals surface area contributed by atoms with E-state index >= 15 is 0 Å². The number of amides is 1. The van der Waals surface area contributed by atoms with Crippen molar-refractivity contribution in [3.63, 3.8) is 0 Å². The number of hydrogen-bond donors (Lipinski definition) is 1. The van der Waals surface area contributed by atoms with E-state index in [0.29, 0.717) is 0 Å². The molecule has 3 rings (SSSR count). The molecule has 0 aliphatic heterocycles. The van der Waals surface area contributed by atoms with E-state index in [1.807, 2.05) is 36.4 Å². The number of ether oxygens (including phenoxy) is 2.